The smallest absolute Gasteiger partial charge is 0.0960 e. The summed E-state index contributed by atoms with van der Waals surface area (Å²) in [4.78, 5) is 4.24. The van der Waals surface area contributed by atoms with Gasteiger partial charge in [-0.1, -0.05) is 13.0 Å². The number of aliphatic hydroxyl groups excluding tert-OH is 1. The van der Waals surface area contributed by atoms with Crippen molar-refractivity contribution in [2.45, 2.75) is 31.4 Å². The Morgan fingerprint density at radius 2 is 2.31 bits per heavy atom. The third kappa shape index (κ3) is 3.36. The van der Waals surface area contributed by atoms with Gasteiger partial charge in [-0.15, -0.1) is 11.8 Å². The van der Waals surface area contributed by atoms with Gasteiger partial charge in [-0.3, -0.25) is 0 Å². The molecular weight excluding hydrogens is 182 g/mol. The van der Waals surface area contributed by atoms with E-state index in [1.165, 1.54) is 0 Å². The molecule has 72 valence electrons. The third-order valence-corrected chi connectivity index (χ3v) is 2.85. The Kier molecular flexibility index (Phi) is 4.25. The number of hydrogen-bond acceptors (Lipinski definition) is 3. The molecule has 1 aromatic heterocycles. The Hall–Kier alpha value is -0.540. The number of hydrogen-bond donors (Lipinski definition) is 1. The van der Waals surface area contributed by atoms with Crippen LogP contribution < -0.4 is 0 Å². The molecule has 3 heteroatoms. The van der Waals surface area contributed by atoms with Crippen molar-refractivity contribution in [2.24, 2.45) is 0 Å². The SMILES string of the molecule is CCCSc1ccc([C@@H](C)O)cn1. The maximum atomic E-state index is 9.24. The third-order valence-electron chi connectivity index (χ3n) is 1.70. The number of thioether (sulfide) groups is 1. The van der Waals surface area contributed by atoms with Gasteiger partial charge in [-0.25, -0.2) is 4.98 Å². The first-order valence-corrected chi connectivity index (χ1v) is 5.49. The van der Waals surface area contributed by atoms with Crippen molar-refractivity contribution >= 4 is 11.8 Å². The molecule has 0 spiro atoms. The Bertz CT molecular complexity index is 246. The summed E-state index contributed by atoms with van der Waals surface area (Å²) in [5.74, 6) is 1.10. The lowest BCUT2D eigenvalue weighted by Gasteiger charge is -2.04. The van der Waals surface area contributed by atoms with Crippen LogP contribution in [-0.2, 0) is 0 Å². The van der Waals surface area contributed by atoms with Crippen LogP contribution in [0, 0.1) is 0 Å². The molecule has 1 N–H and O–H groups in total. The summed E-state index contributed by atoms with van der Waals surface area (Å²) in [5, 5.41) is 10.3. The van der Waals surface area contributed by atoms with Gasteiger partial charge in [0.15, 0.2) is 0 Å². The molecule has 0 unspecified atom stereocenters. The van der Waals surface area contributed by atoms with E-state index >= 15 is 0 Å². The minimum Gasteiger partial charge on any atom is -0.389 e. The van der Waals surface area contributed by atoms with E-state index < -0.39 is 6.10 Å². The summed E-state index contributed by atoms with van der Waals surface area (Å²) in [6.07, 6.45) is 2.48. The van der Waals surface area contributed by atoms with Crippen LogP contribution in [0.5, 0.6) is 0 Å². The molecule has 0 aromatic carbocycles. The molecule has 0 saturated heterocycles. The zero-order chi connectivity index (χ0) is 9.68. The second-order valence-corrected chi connectivity index (χ2v) is 4.07. The quantitative estimate of drug-likeness (QED) is 0.753. The number of pyridine rings is 1. The topological polar surface area (TPSA) is 33.1 Å². The Balaban J connectivity index is 2.59. The molecule has 13 heavy (non-hydrogen) atoms. The van der Waals surface area contributed by atoms with E-state index in [-0.39, 0.29) is 0 Å². The first-order chi connectivity index (χ1) is 6.24. The van der Waals surface area contributed by atoms with Crippen molar-refractivity contribution in [1.82, 2.24) is 4.98 Å². The highest BCUT2D eigenvalue weighted by atomic mass is 32.2. The molecule has 0 bridgehead atoms. The summed E-state index contributed by atoms with van der Waals surface area (Å²) in [7, 11) is 0. The summed E-state index contributed by atoms with van der Waals surface area (Å²) >= 11 is 1.75. The van der Waals surface area contributed by atoms with Crippen LogP contribution in [0.2, 0.25) is 0 Å². The van der Waals surface area contributed by atoms with Gasteiger partial charge in [-0.05, 0) is 30.7 Å². The van der Waals surface area contributed by atoms with Gasteiger partial charge < -0.3 is 5.11 Å². The van der Waals surface area contributed by atoms with Crippen molar-refractivity contribution in [3.05, 3.63) is 23.9 Å². The fraction of sp³-hybridized carbons (Fsp3) is 0.500. The average Bonchev–Trinajstić information content (AvgIpc) is 2.15. The van der Waals surface area contributed by atoms with E-state index in [0.29, 0.717) is 0 Å². The average molecular weight is 197 g/mol. The second kappa shape index (κ2) is 5.25. The monoisotopic (exact) mass is 197 g/mol. The summed E-state index contributed by atoms with van der Waals surface area (Å²) in [5.41, 5.74) is 0.876. The predicted molar refractivity (Wildman–Crippen MR) is 55.9 cm³/mol. The van der Waals surface area contributed by atoms with E-state index in [1.54, 1.807) is 24.9 Å². The molecule has 0 saturated carbocycles. The molecule has 1 rings (SSSR count). The molecule has 0 amide bonds. The molecule has 1 aromatic rings. The number of rotatable bonds is 4. The number of nitrogens with zero attached hydrogens (tertiary/aromatic N) is 1. The molecule has 2 nitrogen and oxygen atoms in total. The van der Waals surface area contributed by atoms with Gasteiger partial charge in [0.2, 0.25) is 0 Å². The lowest BCUT2D eigenvalue weighted by molar-refractivity contribution is 0.198. The zero-order valence-corrected chi connectivity index (χ0v) is 8.84. The van der Waals surface area contributed by atoms with Gasteiger partial charge >= 0.3 is 0 Å². The van der Waals surface area contributed by atoms with Gasteiger partial charge in [0.05, 0.1) is 11.1 Å². The van der Waals surface area contributed by atoms with Crippen LogP contribution in [-0.4, -0.2) is 15.8 Å². The maximum Gasteiger partial charge on any atom is 0.0960 e. The minimum absolute atomic E-state index is 0.419. The van der Waals surface area contributed by atoms with E-state index in [9.17, 15) is 5.11 Å². The summed E-state index contributed by atoms with van der Waals surface area (Å²) < 4.78 is 0. The number of aromatic nitrogens is 1. The first kappa shape index (κ1) is 10.5. The Morgan fingerprint density at radius 3 is 2.77 bits per heavy atom. The minimum atomic E-state index is -0.419. The second-order valence-electron chi connectivity index (χ2n) is 2.95. The molecule has 1 atom stereocenters. The molecule has 0 aliphatic rings. The van der Waals surface area contributed by atoms with Gasteiger partial charge in [0.25, 0.3) is 0 Å². The molecule has 0 fully saturated rings. The van der Waals surface area contributed by atoms with Crippen molar-refractivity contribution in [1.29, 1.82) is 0 Å². The highest BCUT2D eigenvalue weighted by molar-refractivity contribution is 7.99. The fourth-order valence-corrected chi connectivity index (χ4v) is 1.64. The lowest BCUT2D eigenvalue weighted by Crippen LogP contribution is -1.92. The van der Waals surface area contributed by atoms with Crippen molar-refractivity contribution in [3.8, 4) is 0 Å². The molecule has 0 radical (unpaired) electrons. The highest BCUT2D eigenvalue weighted by Crippen LogP contribution is 2.18. The largest absolute Gasteiger partial charge is 0.389 e. The lowest BCUT2D eigenvalue weighted by atomic mass is 10.2. The number of aliphatic hydroxyl groups is 1. The van der Waals surface area contributed by atoms with Crippen molar-refractivity contribution in [2.75, 3.05) is 5.75 Å². The molecule has 0 aliphatic heterocycles. The van der Waals surface area contributed by atoms with Crippen molar-refractivity contribution in [3.63, 3.8) is 0 Å². The first-order valence-electron chi connectivity index (χ1n) is 4.51. The van der Waals surface area contributed by atoms with Crippen molar-refractivity contribution < 1.29 is 5.11 Å². The molecule has 1 heterocycles. The van der Waals surface area contributed by atoms with Crippen LogP contribution in [0.25, 0.3) is 0 Å². The van der Waals surface area contributed by atoms with Gasteiger partial charge in [0.1, 0.15) is 0 Å². The van der Waals surface area contributed by atoms with Crippen LogP contribution in [0.15, 0.2) is 23.4 Å². The van der Waals surface area contributed by atoms with Gasteiger partial charge in [-0.2, -0.15) is 0 Å². The normalized spacial score (nSPS) is 12.8. The predicted octanol–water partition coefficient (Wildman–Crippen LogP) is 2.64. The summed E-state index contributed by atoms with van der Waals surface area (Å²) in [6.45, 7) is 3.90. The summed E-state index contributed by atoms with van der Waals surface area (Å²) in [6, 6.07) is 3.89. The van der Waals surface area contributed by atoms with Gasteiger partial charge in [0, 0.05) is 6.20 Å². The van der Waals surface area contributed by atoms with E-state index in [4.69, 9.17) is 0 Å². The fourth-order valence-electron chi connectivity index (χ4n) is 0.931. The Morgan fingerprint density at radius 1 is 1.54 bits per heavy atom. The zero-order valence-electron chi connectivity index (χ0n) is 8.03. The van der Waals surface area contributed by atoms with Crippen LogP contribution in [0.4, 0.5) is 0 Å². The maximum absolute atomic E-state index is 9.24. The van der Waals surface area contributed by atoms with Crippen LogP contribution in [0.3, 0.4) is 0 Å². The molecule has 0 aliphatic carbocycles. The standard InChI is InChI=1S/C10H15NOS/c1-3-6-13-10-5-4-9(7-11-10)8(2)12/h4-5,7-8,12H,3,6H2,1-2H3/t8-/m1/s1. The van der Waals surface area contributed by atoms with E-state index in [0.717, 1.165) is 22.8 Å². The van der Waals surface area contributed by atoms with Crippen LogP contribution >= 0.6 is 11.8 Å². The van der Waals surface area contributed by atoms with E-state index in [1.807, 2.05) is 12.1 Å². The van der Waals surface area contributed by atoms with Crippen LogP contribution in [0.1, 0.15) is 31.9 Å². The molecular formula is C10H15NOS. The Labute approximate surface area is 83.4 Å². The highest BCUT2D eigenvalue weighted by Gasteiger charge is 2.00. The van der Waals surface area contributed by atoms with E-state index in [2.05, 4.69) is 11.9 Å².